The number of halogens is 4. The lowest BCUT2D eigenvalue weighted by molar-refractivity contribution is -0.138. The molecule has 1 aliphatic heterocycles. The van der Waals surface area contributed by atoms with Crippen molar-refractivity contribution in [3.05, 3.63) is 35.1 Å². The lowest BCUT2D eigenvalue weighted by Gasteiger charge is -2.21. The van der Waals surface area contributed by atoms with Crippen LogP contribution < -0.4 is 5.32 Å². The summed E-state index contributed by atoms with van der Waals surface area (Å²) in [5.41, 5.74) is -1.80. The fourth-order valence-electron chi connectivity index (χ4n) is 2.81. The van der Waals surface area contributed by atoms with Gasteiger partial charge in [0.2, 0.25) is 0 Å². The molecule has 0 aliphatic carbocycles. The van der Waals surface area contributed by atoms with Crippen LogP contribution in [0.1, 0.15) is 36.7 Å². The van der Waals surface area contributed by atoms with Crippen LogP contribution in [0.5, 0.6) is 0 Å². The number of rotatable bonds is 3. The topological polar surface area (TPSA) is 32.3 Å². The van der Waals surface area contributed by atoms with Crippen LogP contribution in [0.4, 0.5) is 17.6 Å². The smallest absolute Gasteiger partial charge is 0.348 e. The molecule has 1 heterocycles. The Labute approximate surface area is 132 Å². The highest BCUT2D eigenvalue weighted by atomic mass is 19.4. The van der Waals surface area contributed by atoms with Gasteiger partial charge in [0, 0.05) is 25.2 Å². The lowest BCUT2D eigenvalue weighted by Crippen LogP contribution is -2.41. The maximum atomic E-state index is 13.1. The van der Waals surface area contributed by atoms with Crippen molar-refractivity contribution in [1.29, 1.82) is 0 Å². The molecule has 1 aliphatic rings. The number of carbonyl (C=O) groups excluding carboxylic acids is 1. The summed E-state index contributed by atoms with van der Waals surface area (Å²) in [5.74, 6) is -1.70. The van der Waals surface area contributed by atoms with Gasteiger partial charge in [0.1, 0.15) is 5.82 Å². The summed E-state index contributed by atoms with van der Waals surface area (Å²) in [6.45, 7) is 7.37. The monoisotopic (exact) mass is 332 g/mol. The number of hydrogen-bond acceptors (Lipinski definition) is 2. The Morgan fingerprint density at radius 2 is 1.96 bits per heavy atom. The van der Waals surface area contributed by atoms with Gasteiger partial charge in [0.05, 0.1) is 11.1 Å². The first-order chi connectivity index (χ1) is 10.6. The van der Waals surface area contributed by atoms with E-state index < -0.39 is 29.0 Å². The van der Waals surface area contributed by atoms with Crippen LogP contribution in [0.3, 0.4) is 0 Å². The molecule has 2 atom stereocenters. The number of amides is 1. The first-order valence-electron chi connectivity index (χ1n) is 7.51. The molecule has 1 amide bonds. The Morgan fingerprint density at radius 3 is 2.48 bits per heavy atom. The Kier molecular flexibility index (Phi) is 4.98. The standard InChI is InChI=1S/C16H20F4N2O/c1-9(2)22-7-10(3)14(8-22)21-15(23)12-5-4-11(17)6-13(12)16(18,19)20/h4-6,9-10,14H,7-8H2,1-3H3,(H,21,23)/t10-,14-/m0/s1. The van der Waals surface area contributed by atoms with E-state index in [-0.39, 0.29) is 12.0 Å². The van der Waals surface area contributed by atoms with Crippen molar-refractivity contribution in [1.82, 2.24) is 10.2 Å². The van der Waals surface area contributed by atoms with Crippen LogP contribution in [-0.2, 0) is 6.18 Å². The molecule has 0 unspecified atom stereocenters. The van der Waals surface area contributed by atoms with E-state index in [1.54, 1.807) is 0 Å². The summed E-state index contributed by atoms with van der Waals surface area (Å²) >= 11 is 0. The van der Waals surface area contributed by atoms with Gasteiger partial charge in [-0.1, -0.05) is 6.92 Å². The molecule has 1 saturated heterocycles. The molecule has 0 radical (unpaired) electrons. The third-order valence-corrected chi connectivity index (χ3v) is 4.22. The molecule has 3 nitrogen and oxygen atoms in total. The molecule has 0 bridgehead atoms. The number of carbonyl (C=O) groups is 1. The molecule has 23 heavy (non-hydrogen) atoms. The number of nitrogens with one attached hydrogen (secondary N) is 1. The number of hydrogen-bond donors (Lipinski definition) is 1. The predicted molar refractivity (Wildman–Crippen MR) is 78.5 cm³/mol. The molecule has 0 aromatic heterocycles. The molecular formula is C16H20F4N2O. The first-order valence-corrected chi connectivity index (χ1v) is 7.51. The van der Waals surface area contributed by atoms with E-state index >= 15 is 0 Å². The van der Waals surface area contributed by atoms with Gasteiger partial charge < -0.3 is 5.32 Å². The molecule has 0 spiro atoms. The third-order valence-electron chi connectivity index (χ3n) is 4.22. The maximum absolute atomic E-state index is 13.1. The van der Waals surface area contributed by atoms with E-state index in [0.29, 0.717) is 18.7 Å². The van der Waals surface area contributed by atoms with E-state index in [1.807, 2.05) is 20.8 Å². The minimum absolute atomic E-state index is 0.135. The zero-order chi connectivity index (χ0) is 17.4. The fraction of sp³-hybridized carbons (Fsp3) is 0.562. The fourth-order valence-corrected chi connectivity index (χ4v) is 2.81. The van der Waals surface area contributed by atoms with E-state index in [0.717, 1.165) is 18.7 Å². The van der Waals surface area contributed by atoms with Crippen molar-refractivity contribution in [2.75, 3.05) is 13.1 Å². The molecule has 2 rings (SSSR count). The average Bonchev–Trinajstić information content (AvgIpc) is 2.79. The zero-order valence-electron chi connectivity index (χ0n) is 13.2. The second-order valence-electron chi connectivity index (χ2n) is 6.29. The second kappa shape index (κ2) is 6.47. The van der Waals surface area contributed by atoms with E-state index in [2.05, 4.69) is 10.2 Å². The summed E-state index contributed by atoms with van der Waals surface area (Å²) in [6, 6.07) is 2.18. The molecule has 128 valence electrons. The van der Waals surface area contributed by atoms with Crippen LogP contribution in [0, 0.1) is 11.7 Å². The summed E-state index contributed by atoms with van der Waals surface area (Å²) in [7, 11) is 0. The normalized spacial score (nSPS) is 22.6. The highest BCUT2D eigenvalue weighted by Gasteiger charge is 2.37. The Bertz CT molecular complexity index is 586. The van der Waals surface area contributed by atoms with E-state index in [1.165, 1.54) is 0 Å². The molecule has 0 saturated carbocycles. The molecule has 1 N–H and O–H groups in total. The van der Waals surface area contributed by atoms with Crippen molar-refractivity contribution >= 4 is 5.91 Å². The van der Waals surface area contributed by atoms with Crippen molar-refractivity contribution in [3.63, 3.8) is 0 Å². The van der Waals surface area contributed by atoms with Gasteiger partial charge in [-0.2, -0.15) is 13.2 Å². The summed E-state index contributed by atoms with van der Waals surface area (Å²) < 4.78 is 52.1. The van der Waals surface area contributed by atoms with Gasteiger partial charge in [-0.25, -0.2) is 4.39 Å². The second-order valence-corrected chi connectivity index (χ2v) is 6.29. The summed E-state index contributed by atoms with van der Waals surface area (Å²) in [5, 5.41) is 2.66. The van der Waals surface area contributed by atoms with Gasteiger partial charge in [0.15, 0.2) is 0 Å². The lowest BCUT2D eigenvalue weighted by atomic mass is 10.0. The number of likely N-dealkylation sites (tertiary alicyclic amines) is 1. The van der Waals surface area contributed by atoms with E-state index in [9.17, 15) is 22.4 Å². The first kappa shape index (κ1) is 17.7. The van der Waals surface area contributed by atoms with Crippen LogP contribution >= 0.6 is 0 Å². The van der Waals surface area contributed by atoms with Crippen molar-refractivity contribution in [2.45, 2.75) is 39.0 Å². The van der Waals surface area contributed by atoms with Crippen LogP contribution in [0.2, 0.25) is 0 Å². The number of benzene rings is 1. The molecule has 7 heteroatoms. The van der Waals surface area contributed by atoms with Gasteiger partial charge >= 0.3 is 6.18 Å². The third kappa shape index (κ3) is 4.02. The molecule has 1 fully saturated rings. The molecule has 1 aromatic carbocycles. The van der Waals surface area contributed by atoms with Crippen molar-refractivity contribution < 1.29 is 22.4 Å². The highest BCUT2D eigenvalue weighted by Crippen LogP contribution is 2.32. The quantitative estimate of drug-likeness (QED) is 0.862. The average molecular weight is 332 g/mol. The van der Waals surface area contributed by atoms with Crippen LogP contribution in [0.15, 0.2) is 18.2 Å². The van der Waals surface area contributed by atoms with Gasteiger partial charge in [-0.3, -0.25) is 9.69 Å². The van der Waals surface area contributed by atoms with Crippen molar-refractivity contribution in [2.24, 2.45) is 5.92 Å². The van der Waals surface area contributed by atoms with Crippen molar-refractivity contribution in [3.8, 4) is 0 Å². The highest BCUT2D eigenvalue weighted by molar-refractivity contribution is 5.96. The SMILES string of the molecule is CC(C)N1C[C@H](NC(=O)c2ccc(F)cc2C(F)(F)F)[C@@H](C)C1. The maximum Gasteiger partial charge on any atom is 0.417 e. The number of nitrogens with zero attached hydrogens (tertiary/aromatic N) is 1. The predicted octanol–water partition coefficient (Wildman–Crippen LogP) is 3.30. The minimum Gasteiger partial charge on any atom is -0.348 e. The minimum atomic E-state index is -4.78. The summed E-state index contributed by atoms with van der Waals surface area (Å²) in [4.78, 5) is 14.4. The van der Waals surface area contributed by atoms with Gasteiger partial charge in [0.25, 0.3) is 5.91 Å². The Hall–Kier alpha value is -1.63. The van der Waals surface area contributed by atoms with E-state index in [4.69, 9.17) is 0 Å². The molecule has 1 aromatic rings. The zero-order valence-corrected chi connectivity index (χ0v) is 13.2. The Balaban J connectivity index is 2.19. The van der Waals surface area contributed by atoms with Crippen LogP contribution in [-0.4, -0.2) is 36.0 Å². The van der Waals surface area contributed by atoms with Gasteiger partial charge in [-0.15, -0.1) is 0 Å². The largest absolute Gasteiger partial charge is 0.417 e. The number of alkyl halides is 3. The Morgan fingerprint density at radius 1 is 1.30 bits per heavy atom. The van der Waals surface area contributed by atoms with Gasteiger partial charge in [-0.05, 0) is 38.0 Å². The van der Waals surface area contributed by atoms with Crippen LogP contribution in [0.25, 0.3) is 0 Å². The summed E-state index contributed by atoms with van der Waals surface area (Å²) in [6.07, 6.45) is -4.78. The molecular weight excluding hydrogens is 312 g/mol.